The van der Waals surface area contributed by atoms with Crippen LogP contribution >= 0.6 is 0 Å². The largest absolute Gasteiger partial charge is 0.377 e. The number of rotatable bonds is 6. The molecular weight excluding hydrogens is 316 g/mol. The molecule has 6 heteroatoms. The van der Waals surface area contributed by atoms with Crippen LogP contribution in [0.1, 0.15) is 22.8 Å². The Hall–Kier alpha value is -2.56. The first-order valence-electron chi connectivity index (χ1n) is 8.43. The Morgan fingerprint density at radius 2 is 1.76 bits per heavy atom. The van der Waals surface area contributed by atoms with Crippen molar-refractivity contribution in [1.82, 2.24) is 20.4 Å². The molecule has 2 N–H and O–H groups in total. The summed E-state index contributed by atoms with van der Waals surface area (Å²) in [6.07, 6.45) is 0. The van der Waals surface area contributed by atoms with Gasteiger partial charge in [0, 0.05) is 45.2 Å². The Kier molecular flexibility index (Phi) is 6.81. The van der Waals surface area contributed by atoms with E-state index < -0.39 is 0 Å². The zero-order chi connectivity index (χ0) is 18.2. The van der Waals surface area contributed by atoms with Gasteiger partial charge in [0.1, 0.15) is 0 Å². The predicted molar refractivity (Wildman–Crippen MR) is 98.0 cm³/mol. The highest BCUT2D eigenvalue weighted by molar-refractivity contribution is 5.94. The number of benzene rings is 1. The summed E-state index contributed by atoms with van der Waals surface area (Å²) in [6.45, 7) is 9.42. The number of nitrogens with zero attached hydrogens (tertiary/aromatic N) is 2. The molecule has 1 saturated heterocycles. The lowest BCUT2D eigenvalue weighted by atomic mass is 10.1. The third-order valence-electron chi connectivity index (χ3n) is 4.22. The maximum Gasteiger partial charge on any atom is 0.253 e. The summed E-state index contributed by atoms with van der Waals surface area (Å²) >= 11 is 0. The number of hydrogen-bond donors (Lipinski definition) is 2. The van der Waals surface area contributed by atoms with Crippen molar-refractivity contribution in [2.24, 2.45) is 0 Å². The lowest BCUT2D eigenvalue weighted by Crippen LogP contribution is -2.47. The highest BCUT2D eigenvalue weighted by atomic mass is 16.2. The number of likely N-dealkylation sites (N-methyl/N-ethyl adjacent to an activating group) is 1. The van der Waals surface area contributed by atoms with Gasteiger partial charge >= 0.3 is 0 Å². The number of carbonyl (C=O) groups excluding carboxylic acids is 2. The topological polar surface area (TPSA) is 64.7 Å². The molecule has 134 valence electrons. The molecule has 0 aliphatic carbocycles. The molecule has 0 atom stereocenters. The second-order valence-corrected chi connectivity index (χ2v) is 6.21. The van der Waals surface area contributed by atoms with Crippen molar-refractivity contribution in [3.05, 3.63) is 53.4 Å². The Balaban J connectivity index is 1.88. The fraction of sp³-hybridized carbons (Fsp3) is 0.421. The van der Waals surface area contributed by atoms with Gasteiger partial charge in [-0.25, -0.2) is 0 Å². The minimum absolute atomic E-state index is 0.0879. The van der Waals surface area contributed by atoms with E-state index in [1.807, 2.05) is 29.2 Å². The Bertz CT molecular complexity index is 655. The number of amides is 2. The van der Waals surface area contributed by atoms with Gasteiger partial charge in [-0.05, 0) is 24.7 Å². The van der Waals surface area contributed by atoms with Crippen LogP contribution in [0.15, 0.2) is 42.3 Å². The van der Waals surface area contributed by atoms with E-state index in [0.29, 0.717) is 18.7 Å². The second-order valence-electron chi connectivity index (χ2n) is 6.21. The number of piperazine rings is 1. The van der Waals surface area contributed by atoms with Crippen molar-refractivity contribution >= 4 is 11.8 Å². The zero-order valence-corrected chi connectivity index (χ0v) is 15.0. The maximum absolute atomic E-state index is 12.5. The molecule has 0 bridgehead atoms. The minimum atomic E-state index is -0.0960. The quantitative estimate of drug-likeness (QED) is 0.756. The monoisotopic (exact) mass is 342 g/mol. The Morgan fingerprint density at radius 3 is 2.32 bits per heavy atom. The van der Waals surface area contributed by atoms with E-state index in [-0.39, 0.29) is 11.8 Å². The third kappa shape index (κ3) is 5.78. The molecular formula is C19H26N4O2. The average Bonchev–Trinajstić information content (AvgIpc) is 2.62. The van der Waals surface area contributed by atoms with Crippen LogP contribution in [-0.2, 0) is 11.3 Å². The molecule has 0 unspecified atom stereocenters. The van der Waals surface area contributed by atoms with Crippen molar-refractivity contribution < 1.29 is 9.59 Å². The van der Waals surface area contributed by atoms with E-state index in [1.165, 1.54) is 6.92 Å². The third-order valence-corrected chi connectivity index (χ3v) is 4.22. The van der Waals surface area contributed by atoms with E-state index >= 15 is 0 Å². The molecule has 0 radical (unpaired) electrons. The average molecular weight is 342 g/mol. The van der Waals surface area contributed by atoms with Gasteiger partial charge in [-0.15, -0.1) is 5.73 Å². The summed E-state index contributed by atoms with van der Waals surface area (Å²) in [5.41, 5.74) is 5.27. The smallest absolute Gasteiger partial charge is 0.253 e. The molecule has 1 aromatic carbocycles. The number of carbonyl (C=O) groups is 2. The molecule has 2 rings (SSSR count). The molecule has 0 saturated carbocycles. The number of nitrogens with one attached hydrogen (secondary N) is 2. The van der Waals surface area contributed by atoms with Crippen LogP contribution in [0.3, 0.4) is 0 Å². The summed E-state index contributed by atoms with van der Waals surface area (Å²) in [6, 6.07) is 7.61. The summed E-state index contributed by atoms with van der Waals surface area (Å²) in [7, 11) is 2.07. The first kappa shape index (κ1) is 18.8. The van der Waals surface area contributed by atoms with Gasteiger partial charge in [0.05, 0.1) is 12.2 Å². The fourth-order valence-electron chi connectivity index (χ4n) is 2.57. The Labute approximate surface area is 149 Å². The van der Waals surface area contributed by atoms with Gasteiger partial charge in [-0.2, -0.15) is 0 Å². The van der Waals surface area contributed by atoms with Crippen molar-refractivity contribution in [1.29, 1.82) is 0 Å². The van der Waals surface area contributed by atoms with Gasteiger partial charge in [-0.1, -0.05) is 18.7 Å². The first-order chi connectivity index (χ1) is 12.0. The van der Waals surface area contributed by atoms with Crippen LogP contribution in [0.5, 0.6) is 0 Å². The first-order valence-corrected chi connectivity index (χ1v) is 8.43. The SMILES string of the molecule is C=C=C(CNC(C)=O)NCc1ccc(C(=O)N2CCN(C)CC2)cc1. The van der Waals surface area contributed by atoms with Crippen molar-refractivity contribution in [2.75, 3.05) is 39.8 Å². The molecule has 0 spiro atoms. The van der Waals surface area contributed by atoms with E-state index in [1.54, 1.807) is 0 Å². The minimum Gasteiger partial charge on any atom is -0.377 e. The lowest BCUT2D eigenvalue weighted by molar-refractivity contribution is -0.118. The summed E-state index contributed by atoms with van der Waals surface area (Å²) in [5.74, 6) is -0.00809. The van der Waals surface area contributed by atoms with Gasteiger partial charge < -0.3 is 20.4 Å². The molecule has 0 aromatic heterocycles. The maximum atomic E-state index is 12.5. The highest BCUT2D eigenvalue weighted by Crippen LogP contribution is 2.10. The zero-order valence-electron chi connectivity index (χ0n) is 15.0. The highest BCUT2D eigenvalue weighted by Gasteiger charge is 2.20. The van der Waals surface area contributed by atoms with Gasteiger partial charge in [-0.3, -0.25) is 9.59 Å². The lowest BCUT2D eigenvalue weighted by Gasteiger charge is -2.32. The summed E-state index contributed by atoms with van der Waals surface area (Å²) in [4.78, 5) is 27.6. The second kappa shape index (κ2) is 9.06. The van der Waals surface area contributed by atoms with Gasteiger partial charge in [0.25, 0.3) is 5.91 Å². The van der Waals surface area contributed by atoms with Crippen molar-refractivity contribution in [3.63, 3.8) is 0 Å². The van der Waals surface area contributed by atoms with Crippen LogP contribution in [-0.4, -0.2) is 61.4 Å². The van der Waals surface area contributed by atoms with Gasteiger partial charge in [0.2, 0.25) is 5.91 Å². The van der Waals surface area contributed by atoms with Crippen molar-refractivity contribution in [3.8, 4) is 0 Å². The van der Waals surface area contributed by atoms with Crippen LogP contribution in [0.2, 0.25) is 0 Å². The normalized spacial score (nSPS) is 14.6. The molecule has 6 nitrogen and oxygen atoms in total. The number of hydrogen-bond acceptors (Lipinski definition) is 4. The van der Waals surface area contributed by atoms with Crippen molar-refractivity contribution in [2.45, 2.75) is 13.5 Å². The van der Waals surface area contributed by atoms with Gasteiger partial charge in [0.15, 0.2) is 0 Å². The fourth-order valence-corrected chi connectivity index (χ4v) is 2.57. The van der Waals surface area contributed by atoms with E-state index in [9.17, 15) is 9.59 Å². The molecule has 1 heterocycles. The van der Waals surface area contributed by atoms with Crippen LogP contribution in [0.4, 0.5) is 0 Å². The molecule has 2 amide bonds. The molecule has 1 aromatic rings. The predicted octanol–water partition coefficient (Wildman–Crippen LogP) is 0.969. The van der Waals surface area contributed by atoms with E-state index in [0.717, 1.165) is 37.4 Å². The van der Waals surface area contributed by atoms with E-state index in [4.69, 9.17) is 0 Å². The molecule has 1 fully saturated rings. The van der Waals surface area contributed by atoms with Crippen LogP contribution in [0, 0.1) is 0 Å². The van der Waals surface area contributed by atoms with Crippen LogP contribution in [0.25, 0.3) is 0 Å². The van der Waals surface area contributed by atoms with Crippen LogP contribution < -0.4 is 10.6 Å². The standard InChI is InChI=1S/C19H26N4O2/c1-4-18(14-20-15(2)24)21-13-16-5-7-17(8-6-16)19(25)23-11-9-22(3)10-12-23/h5-8,21H,1,9-14H2,2-3H3,(H,20,24). The summed E-state index contributed by atoms with van der Waals surface area (Å²) in [5, 5.41) is 5.89. The van der Waals surface area contributed by atoms with E-state index in [2.05, 4.69) is 34.9 Å². The Morgan fingerprint density at radius 1 is 1.12 bits per heavy atom. The summed E-state index contributed by atoms with van der Waals surface area (Å²) < 4.78 is 0. The molecule has 1 aliphatic rings. The molecule has 25 heavy (non-hydrogen) atoms. The molecule has 1 aliphatic heterocycles.